The zero-order valence-corrected chi connectivity index (χ0v) is 5.58. The molecule has 0 saturated carbocycles. The summed E-state index contributed by atoms with van der Waals surface area (Å²) in [6.07, 6.45) is -1.55. The van der Waals surface area contributed by atoms with Crippen molar-refractivity contribution in [3.63, 3.8) is 0 Å². The molecule has 1 aromatic carbocycles. The molecule has 1 heterocycles. The molecular weight excluding hydrogens is 149 g/mol. The molecule has 1 aromatic rings. The summed E-state index contributed by atoms with van der Waals surface area (Å²) in [4.78, 5) is 8.79. The Balaban J connectivity index is 2.58. The fourth-order valence-corrected chi connectivity index (χ4v) is 1.02. The summed E-state index contributed by atoms with van der Waals surface area (Å²) in [5, 5.41) is 0. The van der Waals surface area contributed by atoms with Crippen LogP contribution in [0.4, 0.5) is 10.1 Å². The van der Waals surface area contributed by atoms with Gasteiger partial charge in [0, 0.05) is 5.69 Å². The predicted molar refractivity (Wildman–Crippen MR) is 36.4 cm³/mol. The number of alkyl halides is 1. The van der Waals surface area contributed by atoms with Gasteiger partial charge in [-0.25, -0.2) is 4.39 Å². The van der Waals surface area contributed by atoms with Gasteiger partial charge in [-0.3, -0.25) is 0 Å². The summed E-state index contributed by atoms with van der Waals surface area (Å²) in [6.45, 7) is 0. The molecule has 11 heavy (non-hydrogen) atoms. The standard InChI is InChI=1S/C7H6FNO2/c8-7-6-4(9)2-1-3-5(6)10-11-7/h1-3,7H,9H2. The summed E-state index contributed by atoms with van der Waals surface area (Å²) in [7, 11) is 0. The second-order valence-corrected chi connectivity index (χ2v) is 2.25. The van der Waals surface area contributed by atoms with E-state index in [-0.39, 0.29) is 5.56 Å². The van der Waals surface area contributed by atoms with Crippen molar-refractivity contribution in [2.24, 2.45) is 0 Å². The molecule has 0 amide bonds. The first-order valence-corrected chi connectivity index (χ1v) is 3.15. The van der Waals surface area contributed by atoms with Gasteiger partial charge in [-0.15, -0.1) is 4.89 Å². The van der Waals surface area contributed by atoms with E-state index in [1.807, 2.05) is 0 Å². The molecule has 2 N–H and O–H groups in total. The van der Waals surface area contributed by atoms with Gasteiger partial charge in [0.15, 0.2) is 5.75 Å². The fourth-order valence-electron chi connectivity index (χ4n) is 1.02. The van der Waals surface area contributed by atoms with Crippen molar-refractivity contribution in [1.29, 1.82) is 0 Å². The van der Waals surface area contributed by atoms with E-state index < -0.39 is 6.36 Å². The Kier molecular flexibility index (Phi) is 1.22. The van der Waals surface area contributed by atoms with Gasteiger partial charge in [0.2, 0.25) is 0 Å². The molecule has 0 spiro atoms. The van der Waals surface area contributed by atoms with Gasteiger partial charge in [0.25, 0.3) is 6.36 Å². The number of hydrogen-bond acceptors (Lipinski definition) is 3. The molecule has 2 rings (SSSR count). The number of anilines is 1. The lowest BCUT2D eigenvalue weighted by Gasteiger charge is -1.97. The normalized spacial score (nSPS) is 21.0. The molecule has 0 aromatic heterocycles. The molecule has 1 unspecified atom stereocenters. The van der Waals surface area contributed by atoms with Crippen LogP contribution < -0.4 is 10.6 Å². The largest absolute Gasteiger partial charge is 0.398 e. The third-order valence-electron chi connectivity index (χ3n) is 1.55. The van der Waals surface area contributed by atoms with Gasteiger partial charge in [-0.05, 0) is 12.1 Å². The molecular formula is C7H6FNO2. The minimum atomic E-state index is -1.55. The number of nitrogens with two attached hydrogens (primary N) is 1. The van der Waals surface area contributed by atoms with Crippen LogP contribution in [0.3, 0.4) is 0 Å². The summed E-state index contributed by atoms with van der Waals surface area (Å²) in [6, 6.07) is 4.88. The van der Waals surface area contributed by atoms with Crippen LogP contribution in [-0.2, 0) is 4.89 Å². The molecule has 4 heteroatoms. The summed E-state index contributed by atoms with van der Waals surface area (Å²) < 4.78 is 12.7. The Hall–Kier alpha value is -1.29. The third kappa shape index (κ3) is 0.832. The second kappa shape index (κ2) is 2.10. The average Bonchev–Trinajstić information content (AvgIpc) is 2.34. The minimum Gasteiger partial charge on any atom is -0.398 e. The van der Waals surface area contributed by atoms with Gasteiger partial charge >= 0.3 is 0 Å². The lowest BCUT2D eigenvalue weighted by molar-refractivity contribution is -0.260. The molecule has 1 aliphatic rings. The molecule has 0 aliphatic carbocycles. The molecule has 58 valence electrons. The van der Waals surface area contributed by atoms with E-state index in [0.29, 0.717) is 11.4 Å². The first kappa shape index (κ1) is 6.42. The van der Waals surface area contributed by atoms with Crippen molar-refractivity contribution >= 4 is 5.69 Å². The Bertz CT molecular complexity index is 290. The fraction of sp³-hybridized carbons (Fsp3) is 0.143. The maximum atomic E-state index is 12.7. The number of fused-ring (bicyclic) bond motifs is 1. The van der Waals surface area contributed by atoms with Gasteiger partial charge < -0.3 is 10.6 Å². The number of halogens is 1. The van der Waals surface area contributed by atoms with Crippen LogP contribution in [0.15, 0.2) is 18.2 Å². The first-order valence-electron chi connectivity index (χ1n) is 3.15. The lowest BCUT2D eigenvalue weighted by Crippen LogP contribution is -1.93. The Morgan fingerprint density at radius 1 is 1.45 bits per heavy atom. The van der Waals surface area contributed by atoms with Gasteiger partial charge in [0.05, 0.1) is 5.56 Å². The topological polar surface area (TPSA) is 44.5 Å². The highest BCUT2D eigenvalue weighted by atomic mass is 19.1. The highest BCUT2D eigenvalue weighted by Gasteiger charge is 2.27. The number of benzene rings is 1. The molecule has 0 radical (unpaired) electrons. The quantitative estimate of drug-likeness (QED) is 0.456. The molecule has 0 bridgehead atoms. The van der Waals surface area contributed by atoms with E-state index in [0.717, 1.165) is 0 Å². The average molecular weight is 155 g/mol. The van der Waals surface area contributed by atoms with Crippen LogP contribution in [0.25, 0.3) is 0 Å². The Labute approximate surface area is 62.5 Å². The predicted octanol–water partition coefficient (Wildman–Crippen LogP) is 1.56. The van der Waals surface area contributed by atoms with Crippen LogP contribution >= 0.6 is 0 Å². The zero-order valence-electron chi connectivity index (χ0n) is 5.58. The smallest absolute Gasteiger partial charge is 0.273 e. The van der Waals surface area contributed by atoms with Crippen molar-refractivity contribution < 1.29 is 14.2 Å². The maximum Gasteiger partial charge on any atom is 0.273 e. The van der Waals surface area contributed by atoms with Gasteiger partial charge in [-0.2, -0.15) is 0 Å². The van der Waals surface area contributed by atoms with E-state index in [9.17, 15) is 4.39 Å². The van der Waals surface area contributed by atoms with Crippen molar-refractivity contribution in [3.8, 4) is 5.75 Å². The number of nitrogen functional groups attached to an aromatic ring is 1. The lowest BCUT2D eigenvalue weighted by atomic mass is 10.1. The summed E-state index contributed by atoms with van der Waals surface area (Å²) in [5.74, 6) is 0.359. The molecule has 3 nitrogen and oxygen atoms in total. The van der Waals surface area contributed by atoms with Crippen LogP contribution in [0.2, 0.25) is 0 Å². The van der Waals surface area contributed by atoms with Crippen LogP contribution in [0.5, 0.6) is 5.75 Å². The van der Waals surface area contributed by atoms with E-state index >= 15 is 0 Å². The van der Waals surface area contributed by atoms with Crippen molar-refractivity contribution in [3.05, 3.63) is 23.8 Å². The second-order valence-electron chi connectivity index (χ2n) is 2.25. The van der Waals surface area contributed by atoms with Crippen molar-refractivity contribution in [2.45, 2.75) is 6.36 Å². The maximum absolute atomic E-state index is 12.7. The Morgan fingerprint density at radius 3 is 3.00 bits per heavy atom. The highest BCUT2D eigenvalue weighted by molar-refractivity contribution is 5.55. The number of hydrogen-bond donors (Lipinski definition) is 1. The van der Waals surface area contributed by atoms with Crippen LogP contribution in [0.1, 0.15) is 11.9 Å². The third-order valence-corrected chi connectivity index (χ3v) is 1.55. The van der Waals surface area contributed by atoms with Crippen LogP contribution in [-0.4, -0.2) is 0 Å². The SMILES string of the molecule is Nc1cccc2c1C(F)OO2. The van der Waals surface area contributed by atoms with E-state index in [4.69, 9.17) is 5.73 Å². The van der Waals surface area contributed by atoms with Gasteiger partial charge in [0.1, 0.15) is 0 Å². The van der Waals surface area contributed by atoms with E-state index in [1.54, 1.807) is 18.2 Å². The monoisotopic (exact) mass is 155 g/mol. The highest BCUT2D eigenvalue weighted by Crippen LogP contribution is 2.39. The molecule has 1 aliphatic heterocycles. The van der Waals surface area contributed by atoms with Gasteiger partial charge in [-0.1, -0.05) is 6.07 Å². The Morgan fingerprint density at radius 2 is 2.27 bits per heavy atom. The zero-order chi connectivity index (χ0) is 7.84. The summed E-state index contributed by atoms with van der Waals surface area (Å²) in [5.41, 5.74) is 6.10. The first-order chi connectivity index (χ1) is 5.29. The molecule has 1 atom stereocenters. The molecule has 0 fully saturated rings. The number of rotatable bonds is 0. The van der Waals surface area contributed by atoms with Crippen molar-refractivity contribution in [2.75, 3.05) is 5.73 Å². The van der Waals surface area contributed by atoms with E-state index in [1.165, 1.54) is 0 Å². The summed E-state index contributed by atoms with van der Waals surface area (Å²) >= 11 is 0. The van der Waals surface area contributed by atoms with E-state index in [2.05, 4.69) is 9.78 Å². The minimum absolute atomic E-state index is 0.285. The van der Waals surface area contributed by atoms with Crippen molar-refractivity contribution in [1.82, 2.24) is 0 Å². The van der Waals surface area contributed by atoms with Crippen LogP contribution in [0, 0.1) is 0 Å². The molecule has 0 saturated heterocycles.